The van der Waals surface area contributed by atoms with Gasteiger partial charge in [0.15, 0.2) is 0 Å². The van der Waals surface area contributed by atoms with Gasteiger partial charge in [-0.25, -0.2) is 0 Å². The lowest BCUT2D eigenvalue weighted by Gasteiger charge is -2.36. The number of fused-ring (bicyclic) bond motifs is 1. The van der Waals surface area contributed by atoms with Crippen molar-refractivity contribution in [3.8, 4) is 0 Å². The average molecular weight is 328 g/mol. The second-order valence-electron chi connectivity index (χ2n) is 7.38. The summed E-state index contributed by atoms with van der Waals surface area (Å²) in [5.41, 5.74) is 2.73. The molecule has 2 fully saturated rings. The summed E-state index contributed by atoms with van der Waals surface area (Å²) in [7, 11) is 0. The number of hydrogen-bond acceptors (Lipinski definition) is 3. The summed E-state index contributed by atoms with van der Waals surface area (Å²) in [6.45, 7) is 4.62. The lowest BCUT2D eigenvalue weighted by Crippen LogP contribution is -2.42. The van der Waals surface area contributed by atoms with Crippen LogP contribution >= 0.6 is 0 Å². The maximum Gasteiger partial charge on any atom is 0.0696 e. The van der Waals surface area contributed by atoms with E-state index in [1.54, 1.807) is 0 Å². The molecular formula is C20H28N2O2. The fraction of sp³-hybridized carbons (Fsp3) is 0.600. The number of aliphatic hydroxyl groups excluding tert-OH is 1. The molecule has 0 amide bonds. The van der Waals surface area contributed by atoms with E-state index < -0.39 is 0 Å². The van der Waals surface area contributed by atoms with E-state index in [4.69, 9.17) is 4.74 Å². The van der Waals surface area contributed by atoms with E-state index in [0.29, 0.717) is 11.8 Å². The van der Waals surface area contributed by atoms with Crippen molar-refractivity contribution in [1.29, 1.82) is 0 Å². The van der Waals surface area contributed by atoms with E-state index in [-0.39, 0.29) is 6.10 Å². The van der Waals surface area contributed by atoms with Crippen LogP contribution in [0.2, 0.25) is 0 Å². The van der Waals surface area contributed by atoms with Gasteiger partial charge in [-0.3, -0.25) is 0 Å². The van der Waals surface area contributed by atoms with E-state index in [0.717, 1.165) is 45.7 Å². The molecule has 0 saturated carbocycles. The number of ether oxygens (including phenoxy) is 1. The highest BCUT2D eigenvalue weighted by molar-refractivity contribution is 5.83. The van der Waals surface area contributed by atoms with Crippen molar-refractivity contribution in [2.75, 3.05) is 32.8 Å². The van der Waals surface area contributed by atoms with Crippen LogP contribution in [0.4, 0.5) is 0 Å². The summed E-state index contributed by atoms with van der Waals surface area (Å²) >= 11 is 0. The van der Waals surface area contributed by atoms with Crippen LogP contribution in [0.3, 0.4) is 0 Å². The second-order valence-corrected chi connectivity index (χ2v) is 7.38. The first-order valence-corrected chi connectivity index (χ1v) is 9.35. The van der Waals surface area contributed by atoms with E-state index in [9.17, 15) is 5.11 Å². The molecule has 1 unspecified atom stereocenters. The molecule has 2 saturated heterocycles. The van der Waals surface area contributed by atoms with Gasteiger partial charge in [0.05, 0.1) is 6.10 Å². The number of rotatable bonds is 4. The van der Waals surface area contributed by atoms with Gasteiger partial charge in [-0.15, -0.1) is 0 Å². The minimum absolute atomic E-state index is 0.196. The Balaban J connectivity index is 1.34. The topological polar surface area (TPSA) is 48.5 Å². The molecule has 2 N–H and O–H groups in total. The molecule has 1 aromatic heterocycles. The Morgan fingerprint density at radius 1 is 1.12 bits per heavy atom. The lowest BCUT2D eigenvalue weighted by molar-refractivity contribution is -0.00899. The summed E-state index contributed by atoms with van der Waals surface area (Å²) in [6, 6.07) is 8.80. The van der Waals surface area contributed by atoms with Crippen molar-refractivity contribution in [2.24, 2.45) is 5.92 Å². The predicted molar refractivity (Wildman–Crippen MR) is 96.3 cm³/mol. The molecule has 3 heterocycles. The zero-order valence-corrected chi connectivity index (χ0v) is 14.3. The van der Waals surface area contributed by atoms with Crippen molar-refractivity contribution in [3.05, 3.63) is 36.0 Å². The Kier molecular flexibility index (Phi) is 4.88. The number of benzene rings is 1. The van der Waals surface area contributed by atoms with Crippen LogP contribution in [0.1, 0.15) is 37.2 Å². The van der Waals surface area contributed by atoms with Gasteiger partial charge in [-0.2, -0.15) is 0 Å². The molecule has 1 aromatic carbocycles. The van der Waals surface area contributed by atoms with E-state index in [1.807, 2.05) is 6.20 Å². The highest BCUT2D eigenvalue weighted by atomic mass is 16.5. The van der Waals surface area contributed by atoms with Gasteiger partial charge in [0.25, 0.3) is 0 Å². The minimum Gasteiger partial charge on any atom is -0.392 e. The number of aromatic nitrogens is 1. The van der Waals surface area contributed by atoms with Gasteiger partial charge in [-0.05, 0) is 68.3 Å². The van der Waals surface area contributed by atoms with Gasteiger partial charge >= 0.3 is 0 Å². The van der Waals surface area contributed by atoms with Crippen molar-refractivity contribution < 1.29 is 9.84 Å². The molecule has 0 spiro atoms. The highest BCUT2D eigenvalue weighted by Crippen LogP contribution is 2.33. The average Bonchev–Trinajstić information content (AvgIpc) is 3.12. The number of piperidine rings is 1. The SMILES string of the molecule is OC(CN1CCC(c2cccc3[nH]ccc23)CC1)C1CCOCC1. The summed E-state index contributed by atoms with van der Waals surface area (Å²) in [6.07, 6.45) is 6.22. The van der Waals surface area contributed by atoms with Crippen LogP contribution in [0.5, 0.6) is 0 Å². The Hall–Kier alpha value is -1.36. The molecule has 0 radical (unpaired) electrons. The predicted octanol–water partition coefficient (Wildman–Crippen LogP) is 3.13. The molecule has 130 valence electrons. The molecule has 0 bridgehead atoms. The molecule has 2 aromatic rings. The van der Waals surface area contributed by atoms with Gasteiger partial charge < -0.3 is 19.7 Å². The maximum absolute atomic E-state index is 10.5. The number of H-pyrrole nitrogens is 1. The van der Waals surface area contributed by atoms with Crippen molar-refractivity contribution in [3.63, 3.8) is 0 Å². The van der Waals surface area contributed by atoms with E-state index in [2.05, 4.69) is 34.1 Å². The minimum atomic E-state index is -0.196. The third-order valence-electron chi connectivity index (χ3n) is 5.91. The maximum atomic E-state index is 10.5. The third-order valence-corrected chi connectivity index (χ3v) is 5.91. The number of nitrogens with one attached hydrogen (secondary N) is 1. The van der Waals surface area contributed by atoms with Crippen LogP contribution in [0.15, 0.2) is 30.5 Å². The number of hydrogen-bond donors (Lipinski definition) is 2. The normalized spacial score (nSPS) is 22.9. The molecule has 2 aliphatic heterocycles. The fourth-order valence-corrected chi connectivity index (χ4v) is 4.41. The quantitative estimate of drug-likeness (QED) is 0.906. The first kappa shape index (κ1) is 16.1. The van der Waals surface area contributed by atoms with Gasteiger partial charge in [0, 0.05) is 36.9 Å². The number of β-amino-alcohol motifs (C(OH)–C–C–N with tert-alkyl or cyclic N) is 1. The monoisotopic (exact) mass is 328 g/mol. The summed E-state index contributed by atoms with van der Waals surface area (Å²) < 4.78 is 5.40. The van der Waals surface area contributed by atoms with Crippen molar-refractivity contribution in [1.82, 2.24) is 9.88 Å². The van der Waals surface area contributed by atoms with Crippen LogP contribution in [-0.2, 0) is 4.74 Å². The van der Waals surface area contributed by atoms with Gasteiger partial charge in [0.2, 0.25) is 0 Å². The Morgan fingerprint density at radius 2 is 1.92 bits per heavy atom. The van der Waals surface area contributed by atoms with Gasteiger partial charge in [0.1, 0.15) is 0 Å². The molecule has 4 rings (SSSR count). The zero-order chi connectivity index (χ0) is 16.4. The first-order valence-electron chi connectivity index (χ1n) is 9.35. The third kappa shape index (κ3) is 3.37. The van der Waals surface area contributed by atoms with Crippen molar-refractivity contribution in [2.45, 2.75) is 37.7 Å². The zero-order valence-electron chi connectivity index (χ0n) is 14.3. The Morgan fingerprint density at radius 3 is 2.71 bits per heavy atom. The second kappa shape index (κ2) is 7.26. The summed E-state index contributed by atoms with van der Waals surface area (Å²) in [4.78, 5) is 5.77. The lowest BCUT2D eigenvalue weighted by atomic mass is 9.87. The molecule has 0 aliphatic carbocycles. The molecule has 24 heavy (non-hydrogen) atoms. The molecule has 4 nitrogen and oxygen atoms in total. The molecule has 4 heteroatoms. The van der Waals surface area contributed by atoms with E-state index in [1.165, 1.54) is 29.3 Å². The molecule has 2 aliphatic rings. The Labute approximate surface area is 143 Å². The molecule has 1 atom stereocenters. The van der Waals surface area contributed by atoms with Crippen LogP contribution < -0.4 is 0 Å². The number of nitrogens with zero attached hydrogens (tertiary/aromatic N) is 1. The van der Waals surface area contributed by atoms with Gasteiger partial charge in [-0.1, -0.05) is 12.1 Å². The Bertz CT molecular complexity index is 654. The molecular weight excluding hydrogens is 300 g/mol. The highest BCUT2D eigenvalue weighted by Gasteiger charge is 2.27. The number of likely N-dealkylation sites (tertiary alicyclic amines) is 1. The van der Waals surface area contributed by atoms with E-state index >= 15 is 0 Å². The van der Waals surface area contributed by atoms with Crippen LogP contribution in [0, 0.1) is 5.92 Å². The fourth-order valence-electron chi connectivity index (χ4n) is 4.41. The first-order chi connectivity index (χ1) is 11.8. The standard InChI is InChI=1S/C20H28N2O2/c23-20(16-7-12-24-13-8-16)14-22-10-5-15(6-11-22)17-2-1-3-19-18(17)4-9-21-19/h1-4,9,15-16,20-21,23H,5-8,10-14H2. The number of aliphatic hydroxyl groups is 1. The van der Waals surface area contributed by atoms with Crippen LogP contribution in [0.25, 0.3) is 10.9 Å². The largest absolute Gasteiger partial charge is 0.392 e. The van der Waals surface area contributed by atoms with Crippen LogP contribution in [-0.4, -0.2) is 53.9 Å². The summed E-state index contributed by atoms with van der Waals surface area (Å²) in [5.74, 6) is 1.06. The summed E-state index contributed by atoms with van der Waals surface area (Å²) in [5, 5.41) is 11.9. The number of aromatic amines is 1. The smallest absolute Gasteiger partial charge is 0.0696 e. The van der Waals surface area contributed by atoms with Crippen molar-refractivity contribution >= 4 is 10.9 Å².